The second kappa shape index (κ2) is 34.8. The van der Waals surface area contributed by atoms with E-state index in [2.05, 4.69) is 26.0 Å². The lowest BCUT2D eigenvalue weighted by molar-refractivity contribution is 0.0483. The van der Waals surface area contributed by atoms with Crippen LogP contribution in [-0.2, 0) is 9.47 Å². The molecule has 0 aliphatic rings. The molecule has 0 spiro atoms. The summed E-state index contributed by atoms with van der Waals surface area (Å²) in [6, 6.07) is 6.65. The lowest BCUT2D eigenvalue weighted by Crippen LogP contribution is -2.09. The minimum Gasteiger partial charge on any atom is -0.462 e. The number of rotatable bonds is 35. The third-order valence-corrected chi connectivity index (χ3v) is 9.48. The Balaban J connectivity index is 1.93. The highest BCUT2D eigenvalue weighted by Crippen LogP contribution is 2.15. The van der Waals surface area contributed by atoms with E-state index in [0.717, 1.165) is 25.7 Å². The van der Waals surface area contributed by atoms with E-state index in [4.69, 9.17) is 9.47 Å². The van der Waals surface area contributed by atoms with Crippen LogP contribution in [0.4, 0.5) is 0 Å². The SMILES string of the molecule is CCCCCCCC/C=C\CCCCCCCCOC(=O)c1ccc(C(=O)OCCCCCCCCCCCCCCCCCC)cc1. The van der Waals surface area contributed by atoms with Crippen molar-refractivity contribution in [2.75, 3.05) is 13.2 Å². The van der Waals surface area contributed by atoms with Gasteiger partial charge in [-0.2, -0.15) is 0 Å². The van der Waals surface area contributed by atoms with Gasteiger partial charge in [0.25, 0.3) is 0 Å². The van der Waals surface area contributed by atoms with Gasteiger partial charge in [0.05, 0.1) is 24.3 Å². The summed E-state index contributed by atoms with van der Waals surface area (Å²) >= 11 is 0. The molecule has 0 saturated heterocycles. The van der Waals surface area contributed by atoms with E-state index in [1.807, 2.05) is 0 Å². The summed E-state index contributed by atoms with van der Waals surface area (Å²) in [5.41, 5.74) is 0.963. The van der Waals surface area contributed by atoms with Crippen LogP contribution < -0.4 is 0 Å². The summed E-state index contributed by atoms with van der Waals surface area (Å²) in [4.78, 5) is 24.8. The normalized spacial score (nSPS) is 11.4. The van der Waals surface area contributed by atoms with Crippen molar-refractivity contribution >= 4 is 11.9 Å². The molecule has 0 radical (unpaired) electrons. The number of ether oxygens (including phenoxy) is 2. The van der Waals surface area contributed by atoms with Crippen LogP contribution in [-0.4, -0.2) is 25.2 Å². The fourth-order valence-electron chi connectivity index (χ4n) is 6.24. The van der Waals surface area contributed by atoms with Crippen LogP contribution in [0.1, 0.15) is 227 Å². The van der Waals surface area contributed by atoms with Crippen molar-refractivity contribution in [3.8, 4) is 0 Å². The van der Waals surface area contributed by atoms with Gasteiger partial charge in [0.1, 0.15) is 0 Å². The van der Waals surface area contributed by atoms with Crippen molar-refractivity contribution in [3.63, 3.8) is 0 Å². The molecule has 0 saturated carbocycles. The first-order chi connectivity index (χ1) is 23.7. The molecule has 1 rings (SSSR count). The van der Waals surface area contributed by atoms with Crippen LogP contribution in [0.3, 0.4) is 0 Å². The van der Waals surface area contributed by atoms with Gasteiger partial charge >= 0.3 is 11.9 Å². The second-order valence-electron chi connectivity index (χ2n) is 14.1. The monoisotopic (exact) mass is 669 g/mol. The minimum atomic E-state index is -0.323. The van der Waals surface area contributed by atoms with E-state index in [0.29, 0.717) is 24.3 Å². The number of benzene rings is 1. The third-order valence-electron chi connectivity index (χ3n) is 9.48. The van der Waals surface area contributed by atoms with E-state index >= 15 is 0 Å². The molecule has 4 nitrogen and oxygen atoms in total. The molecule has 48 heavy (non-hydrogen) atoms. The Bertz CT molecular complexity index is 874. The summed E-state index contributed by atoms with van der Waals surface area (Å²) in [6.45, 7) is 5.45. The second-order valence-corrected chi connectivity index (χ2v) is 14.1. The minimum absolute atomic E-state index is 0.319. The van der Waals surface area contributed by atoms with Gasteiger partial charge < -0.3 is 9.47 Å². The van der Waals surface area contributed by atoms with Crippen LogP contribution >= 0.6 is 0 Å². The van der Waals surface area contributed by atoms with Crippen molar-refractivity contribution in [2.45, 2.75) is 206 Å². The highest BCUT2D eigenvalue weighted by Gasteiger charge is 2.11. The number of unbranched alkanes of at least 4 members (excludes halogenated alkanes) is 27. The van der Waals surface area contributed by atoms with Gasteiger partial charge in [-0.15, -0.1) is 0 Å². The smallest absolute Gasteiger partial charge is 0.338 e. The van der Waals surface area contributed by atoms with Crippen LogP contribution in [0.15, 0.2) is 36.4 Å². The van der Waals surface area contributed by atoms with Gasteiger partial charge in [-0.25, -0.2) is 9.59 Å². The number of hydrogen-bond donors (Lipinski definition) is 0. The number of allylic oxidation sites excluding steroid dienone is 2. The van der Waals surface area contributed by atoms with E-state index in [9.17, 15) is 9.59 Å². The molecule has 0 amide bonds. The van der Waals surface area contributed by atoms with E-state index < -0.39 is 0 Å². The van der Waals surface area contributed by atoms with Gasteiger partial charge in [0.2, 0.25) is 0 Å². The molecule has 0 fully saturated rings. The Morgan fingerprint density at radius 1 is 0.396 bits per heavy atom. The van der Waals surface area contributed by atoms with Crippen LogP contribution in [0, 0.1) is 0 Å². The first-order valence-corrected chi connectivity index (χ1v) is 20.8. The first-order valence-electron chi connectivity index (χ1n) is 20.8. The molecule has 0 heterocycles. The quantitative estimate of drug-likeness (QED) is 0.0410. The molecule has 0 aromatic heterocycles. The van der Waals surface area contributed by atoms with Gasteiger partial charge in [-0.3, -0.25) is 0 Å². The molecule has 0 atom stereocenters. The lowest BCUT2D eigenvalue weighted by atomic mass is 10.0. The number of carbonyl (C=O) groups is 2. The molecule has 276 valence electrons. The zero-order valence-electron chi connectivity index (χ0n) is 31.7. The number of hydrogen-bond acceptors (Lipinski definition) is 4. The molecule has 0 aliphatic carbocycles. The predicted molar refractivity (Wildman–Crippen MR) is 206 cm³/mol. The van der Waals surface area contributed by atoms with Gasteiger partial charge in [-0.05, 0) is 62.8 Å². The summed E-state index contributed by atoms with van der Waals surface area (Å²) in [7, 11) is 0. The Kier molecular flexibility index (Phi) is 31.8. The molecule has 4 heteroatoms. The molecule has 0 N–H and O–H groups in total. The number of carbonyl (C=O) groups excluding carboxylic acids is 2. The maximum absolute atomic E-state index is 12.4. The highest BCUT2D eigenvalue weighted by atomic mass is 16.5. The first kappa shape index (κ1) is 43.9. The summed E-state index contributed by atoms with van der Waals surface area (Å²) in [6.07, 6.45) is 43.6. The molecule has 0 unspecified atom stereocenters. The van der Waals surface area contributed by atoms with Gasteiger partial charge in [0, 0.05) is 0 Å². The molecule has 1 aromatic rings. The van der Waals surface area contributed by atoms with E-state index in [1.54, 1.807) is 24.3 Å². The molecular weight excluding hydrogens is 592 g/mol. The summed E-state index contributed by atoms with van der Waals surface area (Å²) in [5, 5.41) is 0. The van der Waals surface area contributed by atoms with E-state index in [1.165, 1.54) is 167 Å². The van der Waals surface area contributed by atoms with Crippen LogP contribution in [0.5, 0.6) is 0 Å². The summed E-state index contributed by atoms with van der Waals surface area (Å²) in [5.74, 6) is -0.643. The number of esters is 2. The Hall–Kier alpha value is -2.10. The fraction of sp³-hybridized carbons (Fsp3) is 0.773. The molecule has 1 aromatic carbocycles. The fourth-order valence-corrected chi connectivity index (χ4v) is 6.24. The zero-order valence-corrected chi connectivity index (χ0v) is 31.7. The van der Waals surface area contributed by atoms with Crippen molar-refractivity contribution in [1.29, 1.82) is 0 Å². The molecular formula is C44H76O4. The van der Waals surface area contributed by atoms with Crippen molar-refractivity contribution in [1.82, 2.24) is 0 Å². The summed E-state index contributed by atoms with van der Waals surface area (Å²) < 4.78 is 10.9. The van der Waals surface area contributed by atoms with Gasteiger partial charge in [-0.1, -0.05) is 180 Å². The molecule has 0 aliphatic heterocycles. The third kappa shape index (κ3) is 27.8. The Morgan fingerprint density at radius 2 is 0.646 bits per heavy atom. The standard InChI is InChI=1S/C44H76O4/c1-3-5-7-9-11-13-15-17-19-21-23-25-27-29-31-33-39-47-43(45)41-35-37-42(38-36-41)44(46)48-40-34-32-30-28-26-24-22-20-18-16-14-12-10-8-6-4-2/h17,19,35-38H,3-16,18,20-34,39-40H2,1-2H3/b19-17-. The Labute approximate surface area is 297 Å². The van der Waals surface area contributed by atoms with Crippen molar-refractivity contribution in [3.05, 3.63) is 47.5 Å². The highest BCUT2D eigenvalue weighted by molar-refractivity contribution is 5.93. The largest absolute Gasteiger partial charge is 0.462 e. The van der Waals surface area contributed by atoms with Gasteiger partial charge in [0.15, 0.2) is 0 Å². The van der Waals surface area contributed by atoms with Crippen molar-refractivity contribution < 1.29 is 19.1 Å². The average Bonchev–Trinajstić information content (AvgIpc) is 3.10. The Morgan fingerprint density at radius 3 is 0.938 bits per heavy atom. The topological polar surface area (TPSA) is 52.6 Å². The van der Waals surface area contributed by atoms with Crippen molar-refractivity contribution in [2.24, 2.45) is 0 Å². The van der Waals surface area contributed by atoms with E-state index in [-0.39, 0.29) is 11.9 Å². The van der Waals surface area contributed by atoms with Crippen LogP contribution in [0.25, 0.3) is 0 Å². The molecule has 0 bridgehead atoms. The van der Waals surface area contributed by atoms with Crippen LogP contribution in [0.2, 0.25) is 0 Å². The predicted octanol–water partition coefficient (Wildman–Crippen LogP) is 14.3. The average molecular weight is 669 g/mol. The zero-order chi connectivity index (χ0) is 34.6. The maximum Gasteiger partial charge on any atom is 0.338 e. The lowest BCUT2D eigenvalue weighted by Gasteiger charge is -2.07. The maximum atomic E-state index is 12.4.